The quantitative estimate of drug-likeness (QED) is 0.336. The van der Waals surface area contributed by atoms with Crippen molar-refractivity contribution < 1.29 is 24.2 Å². The molecule has 8 nitrogen and oxygen atoms in total. The van der Waals surface area contributed by atoms with Crippen LogP contribution >= 0.6 is 0 Å². The molecule has 4 rings (SSSR count). The summed E-state index contributed by atoms with van der Waals surface area (Å²) in [7, 11) is 2.09. The summed E-state index contributed by atoms with van der Waals surface area (Å²) >= 11 is 0. The first kappa shape index (κ1) is 33.2. The molecule has 2 N–H and O–H groups in total. The third kappa shape index (κ3) is 9.39. The number of hydrogen-bond donors (Lipinski definition) is 2. The van der Waals surface area contributed by atoms with Gasteiger partial charge in [0, 0.05) is 43.4 Å². The van der Waals surface area contributed by atoms with Gasteiger partial charge in [-0.15, -0.1) is 0 Å². The van der Waals surface area contributed by atoms with Crippen LogP contribution in [0.25, 0.3) is 0 Å². The van der Waals surface area contributed by atoms with E-state index in [0.29, 0.717) is 42.3 Å². The van der Waals surface area contributed by atoms with Crippen LogP contribution in [-0.2, 0) is 11.3 Å². The monoisotopic (exact) mass is 601 g/mol. The van der Waals surface area contributed by atoms with Crippen molar-refractivity contribution in [3.05, 3.63) is 95.6 Å². The van der Waals surface area contributed by atoms with Crippen LogP contribution in [0.15, 0.2) is 78.9 Å². The van der Waals surface area contributed by atoms with Gasteiger partial charge >= 0.3 is 0 Å². The summed E-state index contributed by atoms with van der Waals surface area (Å²) in [5, 5.41) is 13.1. The number of fused-ring (bicyclic) bond motifs is 1. The van der Waals surface area contributed by atoms with Crippen molar-refractivity contribution in [2.75, 3.05) is 38.7 Å². The van der Waals surface area contributed by atoms with Gasteiger partial charge in [-0.05, 0) is 76.1 Å². The zero-order chi connectivity index (χ0) is 31.5. The van der Waals surface area contributed by atoms with Gasteiger partial charge in [0.05, 0.1) is 30.4 Å². The molecule has 3 aromatic carbocycles. The number of nitrogens with one attached hydrogen (secondary N) is 1. The average Bonchev–Trinajstić information content (AvgIpc) is 3.03. The topological polar surface area (TPSA) is 91.3 Å². The van der Waals surface area contributed by atoms with Gasteiger partial charge in [-0.2, -0.15) is 0 Å². The van der Waals surface area contributed by atoms with Crippen LogP contribution in [0.3, 0.4) is 0 Å². The number of benzene rings is 3. The second kappa shape index (κ2) is 16.4. The van der Waals surface area contributed by atoms with E-state index in [1.807, 2.05) is 50.2 Å². The molecule has 4 atom stereocenters. The number of likely N-dealkylation sites (N-methyl/N-ethyl adjacent to an activating group) is 1. The van der Waals surface area contributed by atoms with Crippen molar-refractivity contribution in [3.8, 4) is 5.75 Å². The fraction of sp³-hybridized carbons (Fsp3) is 0.444. The normalized spacial score (nSPS) is 20.7. The van der Waals surface area contributed by atoms with E-state index in [0.717, 1.165) is 25.8 Å². The first-order valence-corrected chi connectivity index (χ1v) is 15.7. The Morgan fingerprint density at radius 2 is 1.75 bits per heavy atom. The molecule has 0 aromatic heterocycles. The molecule has 0 bridgehead atoms. The molecule has 44 heavy (non-hydrogen) atoms. The van der Waals surface area contributed by atoms with E-state index in [1.54, 1.807) is 35.2 Å². The van der Waals surface area contributed by atoms with Gasteiger partial charge < -0.3 is 24.8 Å². The molecule has 0 spiro atoms. The number of rotatable bonds is 8. The molecule has 0 unspecified atom stereocenters. The Kier molecular flexibility index (Phi) is 12.4. The van der Waals surface area contributed by atoms with E-state index < -0.39 is 6.04 Å². The van der Waals surface area contributed by atoms with E-state index in [9.17, 15) is 14.7 Å². The molecule has 2 amide bonds. The smallest absolute Gasteiger partial charge is 0.258 e. The van der Waals surface area contributed by atoms with E-state index >= 15 is 0 Å². The minimum atomic E-state index is -0.437. The number of carbonyl (C=O) groups excluding carboxylic acids is 2. The summed E-state index contributed by atoms with van der Waals surface area (Å²) in [4.78, 5) is 31.2. The molecule has 1 aliphatic heterocycles. The predicted octanol–water partition coefficient (Wildman–Crippen LogP) is 5.87. The standard InChI is InChI=1S/C36H47N3O5/c1-26-22-39(27(2)25-40)36(42)32-21-31(37-35(41)30-16-9-6-10-17-30)18-19-33(32)44-28(3)13-11-12-20-43-34(26)24-38(4)23-29-14-7-5-8-15-29/h5-10,14-19,21,26-28,34,40H,11-13,20,22-25H2,1-4H3,(H,37,41)/t26-,27+,28+,34-/m0/s1. The summed E-state index contributed by atoms with van der Waals surface area (Å²) in [6.07, 6.45) is 2.42. The largest absolute Gasteiger partial charge is 0.490 e. The van der Waals surface area contributed by atoms with Gasteiger partial charge in [0.1, 0.15) is 5.75 Å². The fourth-order valence-corrected chi connectivity index (χ4v) is 5.52. The minimum Gasteiger partial charge on any atom is -0.490 e. The van der Waals surface area contributed by atoms with Crippen molar-refractivity contribution in [1.29, 1.82) is 0 Å². The van der Waals surface area contributed by atoms with Crippen LogP contribution in [0.4, 0.5) is 5.69 Å². The SMILES string of the molecule is C[C@@H]1CCCCO[C@@H](CN(C)Cc2ccccc2)[C@@H](C)CN([C@H](C)CO)C(=O)c2cc(NC(=O)c3ccccc3)ccc2O1. The molecule has 1 heterocycles. The van der Waals surface area contributed by atoms with E-state index in [2.05, 4.69) is 36.3 Å². The van der Waals surface area contributed by atoms with Crippen LogP contribution in [0.5, 0.6) is 5.75 Å². The summed E-state index contributed by atoms with van der Waals surface area (Å²) in [5.41, 5.74) is 2.61. The third-order valence-corrected chi connectivity index (χ3v) is 8.13. The number of ether oxygens (including phenoxy) is 2. The number of aliphatic hydroxyl groups excluding tert-OH is 1. The Balaban J connectivity index is 1.61. The number of amides is 2. The van der Waals surface area contributed by atoms with Crippen molar-refractivity contribution in [3.63, 3.8) is 0 Å². The Labute approximate surface area is 262 Å². The number of anilines is 1. The van der Waals surface area contributed by atoms with Gasteiger partial charge in [-0.1, -0.05) is 55.5 Å². The molecule has 8 heteroatoms. The van der Waals surface area contributed by atoms with E-state index in [4.69, 9.17) is 9.47 Å². The highest BCUT2D eigenvalue weighted by atomic mass is 16.5. The lowest BCUT2D eigenvalue weighted by Crippen LogP contribution is -2.47. The van der Waals surface area contributed by atoms with Gasteiger partial charge in [0.15, 0.2) is 0 Å². The zero-order valence-electron chi connectivity index (χ0n) is 26.4. The van der Waals surface area contributed by atoms with Crippen molar-refractivity contribution >= 4 is 17.5 Å². The van der Waals surface area contributed by atoms with E-state index in [-0.39, 0.29) is 36.5 Å². The van der Waals surface area contributed by atoms with Crippen molar-refractivity contribution in [1.82, 2.24) is 9.80 Å². The van der Waals surface area contributed by atoms with Crippen LogP contribution < -0.4 is 10.1 Å². The first-order chi connectivity index (χ1) is 21.2. The van der Waals surface area contributed by atoms with E-state index in [1.165, 1.54) is 5.56 Å². The van der Waals surface area contributed by atoms with Gasteiger partial charge in [-0.3, -0.25) is 14.5 Å². The Hall–Kier alpha value is -3.72. The van der Waals surface area contributed by atoms with Gasteiger partial charge in [0.25, 0.3) is 11.8 Å². The molecule has 0 fully saturated rings. The molecule has 1 aliphatic rings. The number of aliphatic hydroxyl groups is 1. The molecule has 0 saturated carbocycles. The Morgan fingerprint density at radius 1 is 1.05 bits per heavy atom. The maximum atomic E-state index is 14.3. The van der Waals surface area contributed by atoms with Crippen LogP contribution in [0, 0.1) is 5.92 Å². The lowest BCUT2D eigenvalue weighted by Gasteiger charge is -2.36. The average molecular weight is 602 g/mol. The Bertz CT molecular complexity index is 1340. The lowest BCUT2D eigenvalue weighted by atomic mass is 10.0. The predicted molar refractivity (Wildman–Crippen MR) is 174 cm³/mol. The summed E-state index contributed by atoms with van der Waals surface area (Å²) in [6.45, 7) is 8.28. The second-order valence-corrected chi connectivity index (χ2v) is 12.0. The maximum absolute atomic E-state index is 14.3. The van der Waals surface area contributed by atoms with Gasteiger partial charge in [-0.25, -0.2) is 0 Å². The lowest BCUT2D eigenvalue weighted by molar-refractivity contribution is -0.0177. The first-order valence-electron chi connectivity index (χ1n) is 15.7. The Morgan fingerprint density at radius 3 is 2.45 bits per heavy atom. The number of hydrogen-bond acceptors (Lipinski definition) is 6. The van der Waals surface area contributed by atoms with Crippen LogP contribution in [0.2, 0.25) is 0 Å². The molecular weight excluding hydrogens is 554 g/mol. The highest BCUT2D eigenvalue weighted by Crippen LogP contribution is 2.29. The van der Waals surface area contributed by atoms with Crippen LogP contribution in [-0.4, -0.2) is 78.3 Å². The fourth-order valence-electron chi connectivity index (χ4n) is 5.52. The molecule has 0 aliphatic carbocycles. The highest BCUT2D eigenvalue weighted by molar-refractivity contribution is 6.05. The molecular formula is C36H47N3O5. The van der Waals surface area contributed by atoms with Crippen LogP contribution in [0.1, 0.15) is 66.3 Å². The third-order valence-electron chi connectivity index (χ3n) is 8.13. The minimum absolute atomic E-state index is 0.0154. The number of nitrogens with zero attached hydrogens (tertiary/aromatic N) is 2. The molecule has 0 saturated heterocycles. The second-order valence-electron chi connectivity index (χ2n) is 12.0. The molecule has 3 aromatic rings. The molecule has 236 valence electrons. The van der Waals surface area contributed by atoms with Crippen molar-refractivity contribution in [2.45, 2.75) is 64.8 Å². The zero-order valence-corrected chi connectivity index (χ0v) is 26.4. The van der Waals surface area contributed by atoms with Gasteiger partial charge in [0.2, 0.25) is 0 Å². The summed E-state index contributed by atoms with van der Waals surface area (Å²) in [6, 6.07) is 24.1. The van der Waals surface area contributed by atoms with Crippen molar-refractivity contribution in [2.24, 2.45) is 5.92 Å². The summed E-state index contributed by atoms with van der Waals surface area (Å²) < 4.78 is 12.8. The highest BCUT2D eigenvalue weighted by Gasteiger charge is 2.30. The molecule has 0 radical (unpaired) electrons. The number of carbonyl (C=O) groups is 2. The maximum Gasteiger partial charge on any atom is 0.258 e. The summed E-state index contributed by atoms with van der Waals surface area (Å²) in [5.74, 6) is -0.0688.